The Bertz CT molecular complexity index is 299. The molecule has 1 aromatic rings. The van der Waals surface area contributed by atoms with E-state index in [0.717, 1.165) is 10.8 Å². The summed E-state index contributed by atoms with van der Waals surface area (Å²) in [5, 5.41) is 8.54. The number of carboxylic acid groups (broad SMARTS) is 1. The summed E-state index contributed by atoms with van der Waals surface area (Å²) in [6.45, 7) is 0. The van der Waals surface area contributed by atoms with Crippen molar-refractivity contribution in [2.24, 2.45) is 0 Å². The van der Waals surface area contributed by atoms with Crippen molar-refractivity contribution in [1.82, 2.24) is 0 Å². The Labute approximate surface area is 74.8 Å². The second-order valence-corrected chi connectivity index (χ2v) is 4.35. The molecule has 1 saturated carbocycles. The maximum Gasteiger partial charge on any atom is 0.308 e. The summed E-state index contributed by atoms with van der Waals surface area (Å²) in [6.07, 6.45) is 2.75. The van der Waals surface area contributed by atoms with Gasteiger partial charge in [-0.15, -0.1) is 11.3 Å². The van der Waals surface area contributed by atoms with Crippen molar-refractivity contribution in [3.63, 3.8) is 0 Å². The van der Waals surface area contributed by atoms with Gasteiger partial charge < -0.3 is 5.11 Å². The molecule has 0 aliphatic heterocycles. The van der Waals surface area contributed by atoms with E-state index in [1.54, 1.807) is 11.3 Å². The van der Waals surface area contributed by atoms with Gasteiger partial charge in [0.25, 0.3) is 0 Å². The zero-order chi connectivity index (χ0) is 8.55. The van der Waals surface area contributed by atoms with Crippen LogP contribution < -0.4 is 0 Å². The predicted octanol–water partition coefficient (Wildman–Crippen LogP) is 2.25. The lowest BCUT2D eigenvalue weighted by atomic mass is 10.3. The summed E-state index contributed by atoms with van der Waals surface area (Å²) in [7, 11) is 0. The highest BCUT2D eigenvalue weighted by atomic mass is 32.1. The fourth-order valence-electron chi connectivity index (χ4n) is 1.23. The number of carboxylic acids is 1. The van der Waals surface area contributed by atoms with Crippen LogP contribution in [-0.4, -0.2) is 11.1 Å². The minimum atomic E-state index is -0.737. The second kappa shape index (κ2) is 2.90. The van der Waals surface area contributed by atoms with Gasteiger partial charge in [-0.05, 0) is 30.9 Å². The number of aliphatic carboxylic acids is 1. The Morgan fingerprint density at radius 2 is 2.33 bits per heavy atom. The molecule has 1 aromatic heterocycles. The van der Waals surface area contributed by atoms with Crippen LogP contribution in [-0.2, 0) is 11.2 Å². The molecule has 2 nitrogen and oxygen atoms in total. The van der Waals surface area contributed by atoms with Gasteiger partial charge >= 0.3 is 5.97 Å². The van der Waals surface area contributed by atoms with E-state index in [2.05, 4.69) is 6.07 Å². The Morgan fingerprint density at radius 1 is 1.58 bits per heavy atom. The molecule has 0 atom stereocenters. The first-order chi connectivity index (χ1) is 5.75. The summed E-state index contributed by atoms with van der Waals surface area (Å²) >= 11 is 1.65. The largest absolute Gasteiger partial charge is 0.481 e. The van der Waals surface area contributed by atoms with Crippen LogP contribution >= 0.6 is 11.3 Å². The topological polar surface area (TPSA) is 37.3 Å². The fourth-order valence-corrected chi connectivity index (χ4v) is 2.40. The van der Waals surface area contributed by atoms with Crippen LogP contribution in [0.1, 0.15) is 28.5 Å². The second-order valence-electron chi connectivity index (χ2n) is 3.15. The van der Waals surface area contributed by atoms with Crippen molar-refractivity contribution in [1.29, 1.82) is 0 Å². The van der Waals surface area contributed by atoms with Gasteiger partial charge in [0.2, 0.25) is 0 Å². The van der Waals surface area contributed by atoms with E-state index in [1.807, 2.05) is 6.07 Å². The van der Waals surface area contributed by atoms with Crippen LogP contribution in [0.3, 0.4) is 0 Å². The van der Waals surface area contributed by atoms with Gasteiger partial charge in [-0.2, -0.15) is 0 Å². The van der Waals surface area contributed by atoms with Crippen molar-refractivity contribution in [3.05, 3.63) is 21.9 Å². The highest BCUT2D eigenvalue weighted by Crippen LogP contribution is 2.43. The average Bonchev–Trinajstić information content (AvgIpc) is 2.73. The van der Waals surface area contributed by atoms with Gasteiger partial charge in [0.15, 0.2) is 0 Å². The van der Waals surface area contributed by atoms with Crippen molar-refractivity contribution >= 4 is 17.3 Å². The molecule has 1 heterocycles. The third kappa shape index (κ3) is 1.67. The van der Waals surface area contributed by atoms with Gasteiger partial charge in [0, 0.05) is 9.75 Å². The summed E-state index contributed by atoms with van der Waals surface area (Å²) in [5.41, 5.74) is 0. The van der Waals surface area contributed by atoms with Crippen molar-refractivity contribution in [2.45, 2.75) is 25.2 Å². The molecule has 1 fully saturated rings. The summed E-state index contributed by atoms with van der Waals surface area (Å²) in [5.74, 6) is 0.0109. The van der Waals surface area contributed by atoms with E-state index in [4.69, 9.17) is 5.11 Å². The van der Waals surface area contributed by atoms with E-state index >= 15 is 0 Å². The molecule has 3 heteroatoms. The maximum atomic E-state index is 10.4. The lowest BCUT2D eigenvalue weighted by molar-refractivity contribution is -0.136. The highest BCUT2D eigenvalue weighted by Gasteiger charge is 2.25. The van der Waals surface area contributed by atoms with Crippen LogP contribution in [0.4, 0.5) is 0 Å². The Kier molecular flexibility index (Phi) is 1.89. The van der Waals surface area contributed by atoms with E-state index in [0.29, 0.717) is 0 Å². The fraction of sp³-hybridized carbons (Fsp3) is 0.444. The van der Waals surface area contributed by atoms with Crippen LogP contribution in [0.5, 0.6) is 0 Å². The molecular weight excluding hydrogens is 172 g/mol. The number of rotatable bonds is 3. The van der Waals surface area contributed by atoms with E-state index in [-0.39, 0.29) is 6.42 Å². The summed E-state index contributed by atoms with van der Waals surface area (Å²) in [6, 6.07) is 4.01. The molecule has 0 bridgehead atoms. The SMILES string of the molecule is O=C(O)Cc1ccc(C2CC2)s1. The number of hydrogen-bond donors (Lipinski definition) is 1. The van der Waals surface area contributed by atoms with Crippen LogP contribution in [0.15, 0.2) is 12.1 Å². The molecule has 1 aliphatic carbocycles. The first kappa shape index (κ1) is 7.80. The number of hydrogen-bond acceptors (Lipinski definition) is 2. The summed E-state index contributed by atoms with van der Waals surface area (Å²) in [4.78, 5) is 12.7. The molecule has 64 valence electrons. The lowest BCUT2D eigenvalue weighted by Gasteiger charge is -1.88. The molecule has 1 aliphatic rings. The summed E-state index contributed by atoms with van der Waals surface area (Å²) < 4.78 is 0. The molecule has 0 radical (unpaired) electrons. The highest BCUT2D eigenvalue weighted by molar-refractivity contribution is 7.12. The van der Waals surface area contributed by atoms with Gasteiger partial charge in [0.05, 0.1) is 6.42 Å². The number of thiophene rings is 1. The lowest BCUT2D eigenvalue weighted by Crippen LogP contribution is -1.96. The Hall–Kier alpha value is -0.830. The molecular formula is C9H10O2S. The molecule has 0 spiro atoms. The van der Waals surface area contributed by atoms with Gasteiger partial charge in [-0.1, -0.05) is 0 Å². The molecule has 1 N–H and O–H groups in total. The Morgan fingerprint density at radius 3 is 2.92 bits per heavy atom. The maximum absolute atomic E-state index is 10.4. The molecule has 12 heavy (non-hydrogen) atoms. The first-order valence-corrected chi connectivity index (χ1v) is 4.88. The molecule has 0 aromatic carbocycles. The normalized spacial score (nSPS) is 16.3. The van der Waals surface area contributed by atoms with Crippen molar-refractivity contribution in [2.75, 3.05) is 0 Å². The van der Waals surface area contributed by atoms with E-state index < -0.39 is 5.97 Å². The van der Waals surface area contributed by atoms with E-state index in [1.165, 1.54) is 17.7 Å². The van der Waals surface area contributed by atoms with Crippen LogP contribution in [0.25, 0.3) is 0 Å². The standard InChI is InChI=1S/C9H10O2S/c10-9(11)5-7-3-4-8(12-7)6-1-2-6/h3-4,6H,1-2,5H2,(H,10,11). The average molecular weight is 182 g/mol. The van der Waals surface area contributed by atoms with Crippen LogP contribution in [0, 0.1) is 0 Å². The van der Waals surface area contributed by atoms with Gasteiger partial charge in [0.1, 0.15) is 0 Å². The molecule has 0 saturated heterocycles. The third-order valence-electron chi connectivity index (χ3n) is 1.99. The van der Waals surface area contributed by atoms with Gasteiger partial charge in [-0.25, -0.2) is 0 Å². The zero-order valence-electron chi connectivity index (χ0n) is 6.62. The minimum absolute atomic E-state index is 0.178. The van der Waals surface area contributed by atoms with Crippen molar-refractivity contribution in [3.8, 4) is 0 Å². The smallest absolute Gasteiger partial charge is 0.308 e. The predicted molar refractivity (Wildman–Crippen MR) is 47.6 cm³/mol. The quantitative estimate of drug-likeness (QED) is 0.778. The molecule has 0 unspecified atom stereocenters. The third-order valence-corrected chi connectivity index (χ3v) is 3.24. The molecule has 0 amide bonds. The minimum Gasteiger partial charge on any atom is -0.481 e. The number of carbonyl (C=O) groups is 1. The van der Waals surface area contributed by atoms with E-state index in [9.17, 15) is 4.79 Å². The monoisotopic (exact) mass is 182 g/mol. The first-order valence-electron chi connectivity index (χ1n) is 4.06. The molecule has 2 rings (SSSR count). The van der Waals surface area contributed by atoms with Crippen molar-refractivity contribution < 1.29 is 9.90 Å². The Balaban J connectivity index is 2.07. The zero-order valence-corrected chi connectivity index (χ0v) is 7.43. The van der Waals surface area contributed by atoms with Gasteiger partial charge in [-0.3, -0.25) is 4.79 Å². The van der Waals surface area contributed by atoms with Crippen LogP contribution in [0.2, 0.25) is 0 Å².